The summed E-state index contributed by atoms with van der Waals surface area (Å²) in [5, 5.41) is 3.18. The summed E-state index contributed by atoms with van der Waals surface area (Å²) >= 11 is 9.71. The van der Waals surface area contributed by atoms with Crippen LogP contribution in [-0.2, 0) is 26.2 Å². The molecule has 0 saturated heterocycles. The van der Waals surface area contributed by atoms with E-state index in [0.717, 1.165) is 19.9 Å². The highest BCUT2D eigenvalue weighted by Crippen LogP contribution is 2.30. The van der Waals surface area contributed by atoms with Gasteiger partial charge in [-0.05, 0) is 82.1 Å². The first kappa shape index (κ1) is 30.7. The molecule has 0 aromatic heterocycles. The zero-order valence-electron chi connectivity index (χ0n) is 22.6. The molecule has 3 rings (SSSR count). The highest BCUT2D eigenvalue weighted by atomic mass is 79.9. The Labute approximate surface area is 244 Å². The monoisotopic (exact) mass is 633 g/mol. The summed E-state index contributed by atoms with van der Waals surface area (Å²) in [4.78, 5) is 28.4. The van der Waals surface area contributed by atoms with Gasteiger partial charge in [0.05, 0.1) is 10.6 Å². The molecule has 0 unspecified atom stereocenters. The number of rotatable bonds is 10. The van der Waals surface area contributed by atoms with Crippen LogP contribution in [0.5, 0.6) is 0 Å². The van der Waals surface area contributed by atoms with E-state index < -0.39 is 28.5 Å². The van der Waals surface area contributed by atoms with E-state index in [9.17, 15) is 18.0 Å². The number of hydrogen-bond donors (Lipinski definition) is 1. The number of nitrogens with one attached hydrogen (secondary N) is 1. The summed E-state index contributed by atoms with van der Waals surface area (Å²) in [6.07, 6.45) is 0. The van der Waals surface area contributed by atoms with Crippen LogP contribution in [0.25, 0.3) is 0 Å². The van der Waals surface area contributed by atoms with E-state index in [2.05, 4.69) is 21.2 Å². The number of nitrogens with zero attached hydrogens (tertiary/aromatic N) is 2. The fourth-order valence-electron chi connectivity index (χ4n) is 4.02. The quantitative estimate of drug-likeness (QED) is 0.303. The zero-order chi connectivity index (χ0) is 28.9. The molecule has 1 atom stereocenters. The minimum absolute atomic E-state index is 0.0458. The second-order valence-electron chi connectivity index (χ2n) is 9.75. The molecule has 3 aromatic carbocycles. The number of hydrogen-bond acceptors (Lipinski definition) is 4. The molecule has 0 heterocycles. The summed E-state index contributed by atoms with van der Waals surface area (Å²) in [6.45, 7) is 8.51. The highest BCUT2D eigenvalue weighted by molar-refractivity contribution is 9.10. The van der Waals surface area contributed by atoms with Crippen LogP contribution in [-0.4, -0.2) is 43.8 Å². The van der Waals surface area contributed by atoms with Crippen LogP contribution in [0.15, 0.2) is 76.1 Å². The number of sulfonamides is 1. The van der Waals surface area contributed by atoms with Crippen molar-refractivity contribution in [2.24, 2.45) is 0 Å². The van der Waals surface area contributed by atoms with Gasteiger partial charge in [0.2, 0.25) is 11.8 Å². The average molecular weight is 635 g/mol. The lowest BCUT2D eigenvalue weighted by atomic mass is 10.1. The lowest BCUT2D eigenvalue weighted by Gasteiger charge is -2.32. The Kier molecular flexibility index (Phi) is 10.2. The summed E-state index contributed by atoms with van der Waals surface area (Å²) in [5.74, 6) is -0.864. The van der Waals surface area contributed by atoms with Gasteiger partial charge in [-0.1, -0.05) is 63.4 Å². The van der Waals surface area contributed by atoms with Crippen LogP contribution < -0.4 is 9.62 Å². The number of benzene rings is 3. The van der Waals surface area contributed by atoms with E-state index in [1.54, 1.807) is 38.1 Å². The van der Waals surface area contributed by atoms with E-state index in [4.69, 9.17) is 11.6 Å². The van der Waals surface area contributed by atoms with E-state index in [0.29, 0.717) is 10.6 Å². The third-order valence-corrected chi connectivity index (χ3v) is 8.67. The maximum atomic E-state index is 14.0. The van der Waals surface area contributed by atoms with Crippen LogP contribution >= 0.6 is 27.5 Å². The Hall–Kier alpha value is -2.88. The molecule has 1 N–H and O–H groups in total. The smallest absolute Gasteiger partial charge is 0.264 e. The van der Waals surface area contributed by atoms with Gasteiger partial charge in [-0.2, -0.15) is 0 Å². The first-order valence-electron chi connectivity index (χ1n) is 12.5. The van der Waals surface area contributed by atoms with Gasteiger partial charge in [0.1, 0.15) is 12.6 Å². The van der Waals surface area contributed by atoms with Gasteiger partial charge in [0, 0.05) is 22.1 Å². The molecule has 0 spiro atoms. The lowest BCUT2D eigenvalue weighted by molar-refractivity contribution is -0.139. The fourth-order valence-corrected chi connectivity index (χ4v) is 6.11. The molecular weight excluding hydrogens is 602 g/mol. The molecule has 0 bridgehead atoms. The predicted molar refractivity (Wildman–Crippen MR) is 159 cm³/mol. The number of anilines is 1. The Balaban J connectivity index is 2.08. The van der Waals surface area contributed by atoms with Gasteiger partial charge in [-0.15, -0.1) is 0 Å². The van der Waals surface area contributed by atoms with Crippen molar-refractivity contribution in [3.63, 3.8) is 0 Å². The van der Waals surface area contributed by atoms with Crippen LogP contribution in [0.3, 0.4) is 0 Å². The van der Waals surface area contributed by atoms with Crippen molar-refractivity contribution in [1.29, 1.82) is 0 Å². The van der Waals surface area contributed by atoms with Crippen molar-refractivity contribution in [2.45, 2.75) is 58.1 Å². The molecule has 208 valence electrons. The molecular formula is C29H33BrClN3O4S. The first-order valence-corrected chi connectivity index (χ1v) is 15.1. The summed E-state index contributed by atoms with van der Waals surface area (Å²) in [5.41, 5.74) is 2.61. The molecule has 0 fully saturated rings. The second kappa shape index (κ2) is 13.0. The summed E-state index contributed by atoms with van der Waals surface area (Å²) in [6, 6.07) is 17.8. The highest BCUT2D eigenvalue weighted by Gasteiger charge is 2.33. The average Bonchev–Trinajstić information content (AvgIpc) is 2.86. The van der Waals surface area contributed by atoms with Gasteiger partial charge in [-0.25, -0.2) is 8.42 Å². The van der Waals surface area contributed by atoms with E-state index >= 15 is 0 Å². The normalized spacial score (nSPS) is 12.2. The van der Waals surface area contributed by atoms with Gasteiger partial charge in [0.25, 0.3) is 10.0 Å². The molecule has 0 radical (unpaired) electrons. The maximum Gasteiger partial charge on any atom is 0.264 e. The van der Waals surface area contributed by atoms with Gasteiger partial charge < -0.3 is 10.2 Å². The van der Waals surface area contributed by atoms with E-state index in [1.165, 1.54) is 23.1 Å². The maximum absolute atomic E-state index is 14.0. The number of carbonyl (C=O) groups excluding carboxylic acids is 2. The molecule has 10 heteroatoms. The molecule has 2 amide bonds. The largest absolute Gasteiger partial charge is 0.352 e. The summed E-state index contributed by atoms with van der Waals surface area (Å²) < 4.78 is 29.8. The van der Waals surface area contributed by atoms with Crippen molar-refractivity contribution in [3.8, 4) is 0 Å². The van der Waals surface area contributed by atoms with Gasteiger partial charge in [-0.3, -0.25) is 13.9 Å². The Morgan fingerprint density at radius 3 is 2.26 bits per heavy atom. The van der Waals surface area contributed by atoms with Crippen molar-refractivity contribution in [2.75, 3.05) is 10.8 Å². The predicted octanol–water partition coefficient (Wildman–Crippen LogP) is 5.86. The topological polar surface area (TPSA) is 86.8 Å². The molecule has 0 aliphatic carbocycles. The van der Waals surface area contributed by atoms with E-state index in [-0.39, 0.29) is 29.1 Å². The van der Waals surface area contributed by atoms with Crippen LogP contribution in [0.2, 0.25) is 5.02 Å². The third kappa shape index (κ3) is 7.84. The second-order valence-corrected chi connectivity index (χ2v) is 13.0. The Bertz CT molecular complexity index is 1450. The SMILES string of the molecule is Cc1ccc(S(=O)(=O)N(CC(=O)N(Cc2cccc(Br)c2)[C@H](C)C(=O)NC(C)C)c2cc(Cl)ccc2C)cc1. The van der Waals surface area contributed by atoms with Crippen molar-refractivity contribution in [1.82, 2.24) is 10.2 Å². The molecule has 7 nitrogen and oxygen atoms in total. The standard InChI is InChI=1S/C29H33BrClN3O4S/c1-19(2)32-29(36)22(5)33(17-23-7-6-8-24(30)15-23)28(35)18-34(27-16-25(31)12-11-21(27)4)39(37,38)26-13-9-20(3)10-14-26/h6-16,19,22H,17-18H2,1-5H3,(H,32,36)/t22-/m1/s1. The number of aryl methyl sites for hydroxylation is 2. The van der Waals surface area contributed by atoms with Crippen molar-refractivity contribution < 1.29 is 18.0 Å². The Morgan fingerprint density at radius 2 is 1.64 bits per heavy atom. The first-order chi connectivity index (χ1) is 18.3. The van der Waals surface area contributed by atoms with Crippen LogP contribution in [0.4, 0.5) is 5.69 Å². The van der Waals surface area contributed by atoms with Gasteiger partial charge >= 0.3 is 0 Å². The number of halogens is 2. The molecule has 0 saturated carbocycles. The molecule has 39 heavy (non-hydrogen) atoms. The molecule has 0 aliphatic rings. The Morgan fingerprint density at radius 1 is 0.974 bits per heavy atom. The van der Waals surface area contributed by atoms with Crippen LogP contribution in [0.1, 0.15) is 37.5 Å². The summed E-state index contributed by atoms with van der Waals surface area (Å²) in [7, 11) is -4.16. The minimum Gasteiger partial charge on any atom is -0.352 e. The molecule has 3 aromatic rings. The molecule has 0 aliphatic heterocycles. The van der Waals surface area contributed by atoms with Crippen LogP contribution in [0, 0.1) is 13.8 Å². The number of carbonyl (C=O) groups is 2. The van der Waals surface area contributed by atoms with Crippen molar-refractivity contribution >= 4 is 55.1 Å². The third-order valence-electron chi connectivity index (χ3n) is 6.17. The van der Waals surface area contributed by atoms with Gasteiger partial charge in [0.15, 0.2) is 0 Å². The minimum atomic E-state index is -4.16. The van der Waals surface area contributed by atoms with Crippen molar-refractivity contribution in [3.05, 3.63) is 92.9 Å². The lowest BCUT2D eigenvalue weighted by Crippen LogP contribution is -2.52. The fraction of sp³-hybridized carbons (Fsp3) is 0.310. The zero-order valence-corrected chi connectivity index (χ0v) is 25.8. The number of amides is 2. The van der Waals surface area contributed by atoms with E-state index in [1.807, 2.05) is 45.0 Å².